The predicted octanol–water partition coefficient (Wildman–Crippen LogP) is 5.28. The zero-order valence-electron chi connectivity index (χ0n) is 20.2. The fourth-order valence-corrected chi connectivity index (χ4v) is 6.21. The summed E-state index contributed by atoms with van der Waals surface area (Å²) in [7, 11) is -7.94. The average molecular weight is 570 g/mol. The first-order valence-corrected chi connectivity index (χ1v) is 14.7. The summed E-state index contributed by atoms with van der Waals surface area (Å²) >= 11 is 6.10. The third-order valence-corrected chi connectivity index (χ3v) is 8.89. The highest BCUT2D eigenvalue weighted by molar-refractivity contribution is 7.93. The van der Waals surface area contributed by atoms with Crippen molar-refractivity contribution in [2.45, 2.75) is 16.7 Å². The maximum Gasteiger partial charge on any atom is 0.264 e. The van der Waals surface area contributed by atoms with Gasteiger partial charge in [0.1, 0.15) is 6.54 Å². The SMILES string of the molecule is Cc1ccc(S(=O)(=O)N(CC(=O)Nc2ccc(S(=O)(=O)Nc3ccccc3)cc2)c2cccc(Cl)c2)cc1. The number of halogens is 1. The van der Waals surface area contributed by atoms with Gasteiger partial charge in [0, 0.05) is 16.4 Å². The molecule has 0 atom stereocenters. The molecule has 2 N–H and O–H groups in total. The molecule has 0 saturated carbocycles. The number of aryl methyl sites for hydroxylation is 1. The normalized spacial score (nSPS) is 11.5. The summed E-state index contributed by atoms with van der Waals surface area (Å²) in [4.78, 5) is 13.0. The van der Waals surface area contributed by atoms with Crippen LogP contribution in [-0.4, -0.2) is 29.3 Å². The molecule has 0 aromatic heterocycles. The zero-order valence-corrected chi connectivity index (χ0v) is 22.6. The number of nitrogens with one attached hydrogen (secondary N) is 2. The molecule has 0 heterocycles. The van der Waals surface area contributed by atoms with Gasteiger partial charge in [0.05, 0.1) is 15.5 Å². The Morgan fingerprint density at radius 1 is 0.763 bits per heavy atom. The molecule has 4 aromatic rings. The molecule has 1 amide bonds. The third kappa shape index (κ3) is 6.52. The molecule has 4 aromatic carbocycles. The van der Waals surface area contributed by atoms with Gasteiger partial charge in [0.25, 0.3) is 20.0 Å². The van der Waals surface area contributed by atoms with E-state index in [4.69, 9.17) is 11.6 Å². The summed E-state index contributed by atoms with van der Waals surface area (Å²) in [6, 6.07) is 26.5. The van der Waals surface area contributed by atoms with Crippen molar-refractivity contribution in [3.8, 4) is 0 Å². The number of rotatable bonds is 9. The molecule has 0 aliphatic heterocycles. The van der Waals surface area contributed by atoms with Crippen LogP contribution in [0.15, 0.2) is 113 Å². The molecule has 8 nitrogen and oxygen atoms in total. The van der Waals surface area contributed by atoms with E-state index in [1.54, 1.807) is 60.7 Å². The summed E-state index contributed by atoms with van der Waals surface area (Å²) in [5.74, 6) is -0.626. The average Bonchev–Trinajstić information content (AvgIpc) is 2.88. The van der Waals surface area contributed by atoms with Crippen LogP contribution in [0.25, 0.3) is 0 Å². The van der Waals surface area contributed by atoms with E-state index in [0.29, 0.717) is 16.4 Å². The van der Waals surface area contributed by atoms with E-state index in [-0.39, 0.29) is 15.5 Å². The number of carbonyl (C=O) groups excluding carboxylic acids is 1. The molecule has 38 heavy (non-hydrogen) atoms. The Bertz CT molecular complexity index is 1640. The van der Waals surface area contributed by atoms with E-state index in [0.717, 1.165) is 9.87 Å². The predicted molar refractivity (Wildman–Crippen MR) is 149 cm³/mol. The zero-order chi connectivity index (χ0) is 27.3. The number of anilines is 3. The summed E-state index contributed by atoms with van der Waals surface area (Å²) < 4.78 is 55.7. The van der Waals surface area contributed by atoms with E-state index in [9.17, 15) is 21.6 Å². The summed E-state index contributed by atoms with van der Waals surface area (Å²) in [5, 5.41) is 2.94. The molecular weight excluding hydrogens is 546 g/mol. The fourth-order valence-electron chi connectivity index (χ4n) is 3.55. The Morgan fingerprint density at radius 2 is 1.39 bits per heavy atom. The van der Waals surface area contributed by atoms with E-state index >= 15 is 0 Å². The Balaban J connectivity index is 1.53. The lowest BCUT2D eigenvalue weighted by molar-refractivity contribution is -0.114. The molecule has 0 fully saturated rings. The Labute approximate surface area is 227 Å². The largest absolute Gasteiger partial charge is 0.325 e. The molecule has 0 radical (unpaired) electrons. The van der Waals surface area contributed by atoms with Crippen molar-refractivity contribution in [2.75, 3.05) is 20.9 Å². The van der Waals surface area contributed by atoms with Gasteiger partial charge >= 0.3 is 0 Å². The second-order valence-electron chi connectivity index (χ2n) is 8.35. The topological polar surface area (TPSA) is 113 Å². The van der Waals surface area contributed by atoms with Gasteiger partial charge in [0.15, 0.2) is 0 Å². The molecule has 0 bridgehead atoms. The second-order valence-corrected chi connectivity index (χ2v) is 12.3. The van der Waals surface area contributed by atoms with Crippen molar-refractivity contribution in [1.82, 2.24) is 0 Å². The van der Waals surface area contributed by atoms with E-state index in [1.807, 2.05) is 6.92 Å². The van der Waals surface area contributed by atoms with Crippen molar-refractivity contribution in [2.24, 2.45) is 0 Å². The lowest BCUT2D eigenvalue weighted by atomic mass is 10.2. The fraction of sp³-hybridized carbons (Fsp3) is 0.0741. The molecule has 0 spiro atoms. The van der Waals surface area contributed by atoms with Crippen LogP contribution in [0.2, 0.25) is 5.02 Å². The minimum absolute atomic E-state index is 0.00172. The van der Waals surface area contributed by atoms with Crippen LogP contribution in [0.3, 0.4) is 0 Å². The maximum absolute atomic E-state index is 13.5. The maximum atomic E-state index is 13.5. The molecule has 4 rings (SSSR count). The van der Waals surface area contributed by atoms with Gasteiger partial charge in [-0.05, 0) is 73.7 Å². The van der Waals surface area contributed by atoms with Gasteiger partial charge in [-0.25, -0.2) is 16.8 Å². The standard InChI is InChI=1S/C27H24ClN3O5S2/c1-20-10-14-26(15-11-20)38(35,36)31(24-9-5-6-21(28)18-24)19-27(32)29-22-12-16-25(17-13-22)37(33,34)30-23-7-3-2-4-8-23/h2-18,30H,19H2,1H3,(H,29,32). The Morgan fingerprint density at radius 3 is 2.03 bits per heavy atom. The lowest BCUT2D eigenvalue weighted by Gasteiger charge is -2.24. The number of para-hydroxylation sites is 1. The van der Waals surface area contributed by atoms with Crippen molar-refractivity contribution < 1.29 is 21.6 Å². The van der Waals surface area contributed by atoms with E-state index in [2.05, 4.69) is 10.0 Å². The summed E-state index contributed by atoms with van der Waals surface area (Å²) in [5.41, 5.74) is 1.83. The first-order valence-electron chi connectivity index (χ1n) is 11.4. The number of sulfonamides is 2. The first kappa shape index (κ1) is 27.2. The number of benzene rings is 4. The van der Waals surface area contributed by atoms with Gasteiger partial charge in [-0.15, -0.1) is 0 Å². The molecule has 11 heteroatoms. The number of hydrogen-bond donors (Lipinski definition) is 2. The van der Waals surface area contributed by atoms with Crippen LogP contribution < -0.4 is 14.3 Å². The quantitative estimate of drug-likeness (QED) is 0.285. The van der Waals surface area contributed by atoms with Crippen LogP contribution in [0, 0.1) is 6.92 Å². The van der Waals surface area contributed by atoms with Gasteiger partial charge in [-0.1, -0.05) is 53.6 Å². The van der Waals surface area contributed by atoms with Crippen molar-refractivity contribution in [3.05, 3.63) is 114 Å². The Kier molecular flexibility index (Phi) is 8.05. The van der Waals surface area contributed by atoms with Gasteiger partial charge in [-0.3, -0.25) is 13.8 Å². The van der Waals surface area contributed by atoms with Crippen molar-refractivity contribution in [3.63, 3.8) is 0 Å². The molecule has 196 valence electrons. The minimum atomic E-state index is -4.10. The Hall–Kier alpha value is -3.86. The second kappa shape index (κ2) is 11.3. The number of amides is 1. The molecule has 0 unspecified atom stereocenters. The minimum Gasteiger partial charge on any atom is -0.325 e. The van der Waals surface area contributed by atoms with Crippen LogP contribution in [0.1, 0.15) is 5.56 Å². The molecule has 0 saturated heterocycles. The highest BCUT2D eigenvalue weighted by atomic mass is 35.5. The van der Waals surface area contributed by atoms with Crippen molar-refractivity contribution >= 4 is 54.6 Å². The molecular formula is C27H24ClN3O5S2. The summed E-state index contributed by atoms with van der Waals surface area (Å²) in [6.45, 7) is 1.30. The van der Waals surface area contributed by atoms with Crippen LogP contribution in [0.5, 0.6) is 0 Å². The smallest absolute Gasteiger partial charge is 0.264 e. The van der Waals surface area contributed by atoms with E-state index in [1.165, 1.54) is 42.5 Å². The van der Waals surface area contributed by atoms with Gasteiger partial charge in [0.2, 0.25) is 5.91 Å². The number of hydrogen-bond acceptors (Lipinski definition) is 5. The molecule has 0 aliphatic carbocycles. The monoisotopic (exact) mass is 569 g/mol. The molecule has 0 aliphatic rings. The van der Waals surface area contributed by atoms with Crippen LogP contribution in [-0.2, 0) is 24.8 Å². The summed E-state index contributed by atoms with van der Waals surface area (Å²) in [6.07, 6.45) is 0. The number of carbonyl (C=O) groups is 1. The van der Waals surface area contributed by atoms with Gasteiger partial charge in [-0.2, -0.15) is 0 Å². The van der Waals surface area contributed by atoms with Crippen molar-refractivity contribution in [1.29, 1.82) is 0 Å². The number of nitrogens with zero attached hydrogens (tertiary/aromatic N) is 1. The lowest BCUT2D eigenvalue weighted by Crippen LogP contribution is -2.38. The van der Waals surface area contributed by atoms with Crippen LogP contribution in [0.4, 0.5) is 17.1 Å². The van der Waals surface area contributed by atoms with Gasteiger partial charge < -0.3 is 5.32 Å². The van der Waals surface area contributed by atoms with Crippen LogP contribution >= 0.6 is 11.6 Å². The third-order valence-electron chi connectivity index (χ3n) is 5.47. The highest BCUT2D eigenvalue weighted by Crippen LogP contribution is 2.27. The highest BCUT2D eigenvalue weighted by Gasteiger charge is 2.27. The first-order chi connectivity index (χ1) is 18.0. The van der Waals surface area contributed by atoms with E-state index < -0.39 is 32.5 Å².